The van der Waals surface area contributed by atoms with Gasteiger partial charge in [0.15, 0.2) is 0 Å². The van der Waals surface area contributed by atoms with Crippen molar-refractivity contribution in [2.24, 2.45) is 0 Å². The normalized spacial score (nSPS) is 21.5. The van der Waals surface area contributed by atoms with E-state index in [4.69, 9.17) is 4.74 Å². The predicted octanol–water partition coefficient (Wildman–Crippen LogP) is 1.40. The minimum absolute atomic E-state index is 0.0136. The second kappa shape index (κ2) is 7.48. The second-order valence-electron chi connectivity index (χ2n) is 6.81. The molecule has 2 N–H and O–H groups in total. The number of hydrogen-bond acceptors (Lipinski definition) is 5. The number of ether oxygens (including phenoxy) is 1. The number of sulfonamides is 1. The van der Waals surface area contributed by atoms with Gasteiger partial charge < -0.3 is 10.1 Å². The van der Waals surface area contributed by atoms with Crippen LogP contribution in [0.2, 0.25) is 0 Å². The van der Waals surface area contributed by atoms with E-state index in [0.29, 0.717) is 19.8 Å². The quantitative estimate of drug-likeness (QED) is 0.824. The van der Waals surface area contributed by atoms with Crippen LogP contribution in [-0.4, -0.2) is 44.5 Å². The molecule has 1 fully saturated rings. The van der Waals surface area contributed by atoms with Gasteiger partial charge in [-0.05, 0) is 36.9 Å². The van der Waals surface area contributed by atoms with Gasteiger partial charge in [-0.15, -0.1) is 0 Å². The zero-order valence-electron chi connectivity index (χ0n) is 14.6. The molecule has 0 spiro atoms. The Labute approximate surface area is 153 Å². The van der Waals surface area contributed by atoms with E-state index in [-0.39, 0.29) is 17.0 Å². The molecule has 1 aromatic heterocycles. The summed E-state index contributed by atoms with van der Waals surface area (Å²) >= 11 is 0. The van der Waals surface area contributed by atoms with E-state index in [9.17, 15) is 8.42 Å². The van der Waals surface area contributed by atoms with Gasteiger partial charge in [0, 0.05) is 32.0 Å². The Hall–Kier alpha value is -1.74. The van der Waals surface area contributed by atoms with Crippen LogP contribution in [0, 0.1) is 0 Å². The Kier molecular flexibility index (Phi) is 5.08. The van der Waals surface area contributed by atoms with Gasteiger partial charge in [-0.1, -0.05) is 24.3 Å². The average molecular weight is 376 g/mol. The van der Waals surface area contributed by atoms with E-state index in [1.165, 1.54) is 17.3 Å². The lowest BCUT2D eigenvalue weighted by atomic mass is 9.95. The highest BCUT2D eigenvalue weighted by atomic mass is 32.2. The van der Waals surface area contributed by atoms with Crippen molar-refractivity contribution in [3.8, 4) is 0 Å². The number of benzene rings is 1. The molecule has 1 aromatic carbocycles. The molecule has 3 heterocycles. The van der Waals surface area contributed by atoms with Gasteiger partial charge in [0.25, 0.3) is 0 Å². The Bertz CT molecular complexity index is 859. The minimum Gasteiger partial charge on any atom is -0.381 e. The maximum absolute atomic E-state index is 12.7. The van der Waals surface area contributed by atoms with Crippen LogP contribution in [-0.2, 0) is 21.2 Å². The molecule has 8 heteroatoms. The van der Waals surface area contributed by atoms with Crippen molar-refractivity contribution in [1.82, 2.24) is 19.8 Å². The number of aromatic nitrogens is 2. The molecule has 1 unspecified atom stereocenters. The average Bonchev–Trinajstić information content (AvgIpc) is 3.18. The smallest absolute Gasteiger partial charge is 0.243 e. The van der Waals surface area contributed by atoms with E-state index in [0.717, 1.165) is 25.8 Å². The summed E-state index contributed by atoms with van der Waals surface area (Å²) in [6, 6.07) is 8.38. The van der Waals surface area contributed by atoms with Crippen molar-refractivity contribution in [1.29, 1.82) is 0 Å². The largest absolute Gasteiger partial charge is 0.381 e. The van der Waals surface area contributed by atoms with Crippen molar-refractivity contribution >= 4 is 10.0 Å². The molecule has 1 atom stereocenters. The van der Waals surface area contributed by atoms with E-state index < -0.39 is 10.0 Å². The van der Waals surface area contributed by atoms with Crippen molar-refractivity contribution in [3.05, 3.63) is 47.8 Å². The summed E-state index contributed by atoms with van der Waals surface area (Å²) < 4.78 is 35.2. The highest BCUT2D eigenvalue weighted by Gasteiger charge is 2.24. The standard InChI is InChI=1S/C18H24N4O3S/c23-26(24,16-11-20-22(13-16)15-6-9-25-10-7-15)21-12-18-17-4-2-1-3-14(17)5-8-19-18/h1-4,11,13,15,18-19,21H,5-10,12H2. The Morgan fingerprint density at radius 2 is 2.08 bits per heavy atom. The van der Waals surface area contributed by atoms with Gasteiger partial charge in [0.2, 0.25) is 10.0 Å². The fourth-order valence-electron chi connectivity index (χ4n) is 3.66. The van der Waals surface area contributed by atoms with Crippen molar-refractivity contribution in [2.75, 3.05) is 26.3 Å². The van der Waals surface area contributed by atoms with Crippen LogP contribution in [0.3, 0.4) is 0 Å². The summed E-state index contributed by atoms with van der Waals surface area (Å²) in [4.78, 5) is 0.216. The molecular formula is C18H24N4O3S. The van der Waals surface area contributed by atoms with E-state index in [2.05, 4.69) is 27.3 Å². The summed E-state index contributed by atoms with van der Waals surface area (Å²) in [6.07, 6.45) is 5.74. The first kappa shape index (κ1) is 17.7. The zero-order valence-corrected chi connectivity index (χ0v) is 15.4. The summed E-state index contributed by atoms with van der Waals surface area (Å²) in [5.41, 5.74) is 2.45. The first-order valence-electron chi connectivity index (χ1n) is 9.06. The molecule has 0 bridgehead atoms. The third-order valence-electron chi connectivity index (χ3n) is 5.15. The highest BCUT2D eigenvalue weighted by molar-refractivity contribution is 7.89. The topological polar surface area (TPSA) is 85.3 Å². The van der Waals surface area contributed by atoms with E-state index >= 15 is 0 Å². The van der Waals surface area contributed by atoms with Gasteiger partial charge in [-0.25, -0.2) is 13.1 Å². The Morgan fingerprint density at radius 1 is 1.27 bits per heavy atom. The van der Waals surface area contributed by atoms with Crippen LogP contribution in [0.5, 0.6) is 0 Å². The number of nitrogens with zero attached hydrogens (tertiary/aromatic N) is 2. The van der Waals surface area contributed by atoms with Crippen LogP contribution < -0.4 is 10.0 Å². The van der Waals surface area contributed by atoms with Crippen molar-refractivity contribution < 1.29 is 13.2 Å². The molecule has 0 saturated carbocycles. The molecule has 0 aliphatic carbocycles. The van der Waals surface area contributed by atoms with Crippen LogP contribution in [0.25, 0.3) is 0 Å². The van der Waals surface area contributed by atoms with Gasteiger partial charge in [0.1, 0.15) is 4.90 Å². The lowest BCUT2D eigenvalue weighted by molar-refractivity contribution is 0.0662. The first-order valence-corrected chi connectivity index (χ1v) is 10.5. The maximum Gasteiger partial charge on any atom is 0.243 e. The summed E-state index contributed by atoms with van der Waals surface area (Å²) in [7, 11) is -3.58. The number of hydrogen-bond donors (Lipinski definition) is 2. The van der Waals surface area contributed by atoms with Crippen LogP contribution in [0.4, 0.5) is 0 Å². The fraction of sp³-hybridized carbons (Fsp3) is 0.500. The second-order valence-corrected chi connectivity index (χ2v) is 8.57. The van der Waals surface area contributed by atoms with E-state index in [1.807, 2.05) is 12.1 Å². The molecule has 1 saturated heterocycles. The van der Waals surface area contributed by atoms with Crippen LogP contribution in [0.1, 0.15) is 36.1 Å². The molecular weight excluding hydrogens is 352 g/mol. The lowest BCUT2D eigenvalue weighted by Gasteiger charge is -2.27. The van der Waals surface area contributed by atoms with Crippen LogP contribution in [0.15, 0.2) is 41.6 Å². The zero-order chi connectivity index (χ0) is 18.0. The van der Waals surface area contributed by atoms with Crippen molar-refractivity contribution in [2.45, 2.75) is 36.2 Å². The first-order chi connectivity index (χ1) is 12.6. The van der Waals surface area contributed by atoms with Gasteiger partial charge in [0.05, 0.1) is 12.2 Å². The molecule has 140 valence electrons. The number of rotatable bonds is 5. The van der Waals surface area contributed by atoms with Crippen LogP contribution >= 0.6 is 0 Å². The molecule has 2 aliphatic heterocycles. The molecule has 0 radical (unpaired) electrons. The molecule has 26 heavy (non-hydrogen) atoms. The number of fused-ring (bicyclic) bond motifs is 1. The van der Waals surface area contributed by atoms with Crippen molar-refractivity contribution in [3.63, 3.8) is 0 Å². The Morgan fingerprint density at radius 3 is 2.92 bits per heavy atom. The minimum atomic E-state index is -3.58. The SMILES string of the molecule is O=S(=O)(NCC1NCCc2ccccc21)c1cnn(C2CCOCC2)c1. The van der Waals surface area contributed by atoms with E-state index in [1.54, 1.807) is 10.9 Å². The third kappa shape index (κ3) is 3.68. The fourth-order valence-corrected chi connectivity index (χ4v) is 4.65. The lowest BCUT2D eigenvalue weighted by Crippen LogP contribution is -2.38. The Balaban J connectivity index is 1.44. The monoisotopic (exact) mass is 376 g/mol. The third-order valence-corrected chi connectivity index (χ3v) is 6.52. The van der Waals surface area contributed by atoms with Gasteiger partial charge in [-0.2, -0.15) is 5.10 Å². The predicted molar refractivity (Wildman–Crippen MR) is 97.4 cm³/mol. The number of nitrogens with one attached hydrogen (secondary N) is 2. The molecule has 0 amide bonds. The molecule has 2 aliphatic rings. The maximum atomic E-state index is 12.7. The summed E-state index contributed by atoms with van der Waals surface area (Å²) in [6.45, 7) is 2.56. The molecule has 7 nitrogen and oxygen atoms in total. The molecule has 2 aromatic rings. The summed E-state index contributed by atoms with van der Waals surface area (Å²) in [5.74, 6) is 0. The van der Waals surface area contributed by atoms with Gasteiger partial charge >= 0.3 is 0 Å². The molecule has 4 rings (SSSR count). The van der Waals surface area contributed by atoms with Gasteiger partial charge in [-0.3, -0.25) is 4.68 Å². The highest BCUT2D eigenvalue weighted by Crippen LogP contribution is 2.23. The summed E-state index contributed by atoms with van der Waals surface area (Å²) in [5, 5.41) is 7.66.